The summed E-state index contributed by atoms with van der Waals surface area (Å²) in [4.78, 5) is 29.6. The summed E-state index contributed by atoms with van der Waals surface area (Å²) in [5.74, 6) is -0.0490. The zero-order valence-electron chi connectivity index (χ0n) is 18.4. The number of fused-ring (bicyclic) bond motifs is 1. The lowest BCUT2D eigenvalue weighted by Crippen LogP contribution is -2.34. The Morgan fingerprint density at radius 2 is 1.67 bits per heavy atom. The number of benzene rings is 2. The Bertz CT molecular complexity index is 1240. The fraction of sp³-hybridized carbons (Fsp3) is 0.269. The molecule has 0 aliphatic carbocycles. The maximum atomic E-state index is 13.1. The Morgan fingerprint density at radius 1 is 0.970 bits per heavy atom. The smallest absolute Gasteiger partial charge is 0.281 e. The highest BCUT2D eigenvalue weighted by Gasteiger charge is 2.32. The molecule has 0 atom stereocenters. The molecule has 1 aromatic heterocycles. The van der Waals surface area contributed by atoms with Crippen molar-refractivity contribution >= 4 is 51.8 Å². The second-order valence-electron chi connectivity index (χ2n) is 8.49. The summed E-state index contributed by atoms with van der Waals surface area (Å²) >= 11 is 5.43. The van der Waals surface area contributed by atoms with Crippen LogP contribution in [0.15, 0.2) is 66.5 Å². The molecule has 3 aromatic rings. The van der Waals surface area contributed by atoms with E-state index in [0.717, 1.165) is 48.1 Å². The van der Waals surface area contributed by atoms with E-state index in [4.69, 9.17) is 12.2 Å². The van der Waals surface area contributed by atoms with Crippen LogP contribution in [0.3, 0.4) is 0 Å². The molecule has 2 aromatic carbocycles. The summed E-state index contributed by atoms with van der Waals surface area (Å²) in [6.07, 6.45) is 8.30. The lowest BCUT2D eigenvalue weighted by Gasteiger charge is -2.20. The molecule has 7 heteroatoms. The Morgan fingerprint density at radius 3 is 2.42 bits per heavy atom. The highest BCUT2D eigenvalue weighted by Crippen LogP contribution is 2.27. The van der Waals surface area contributed by atoms with E-state index in [-0.39, 0.29) is 11.8 Å². The number of carbonyl (C=O) groups excluding carboxylic acids is 2. The third kappa shape index (κ3) is 4.28. The maximum absolute atomic E-state index is 13.1. The summed E-state index contributed by atoms with van der Waals surface area (Å²) in [6, 6.07) is 17.3. The van der Waals surface area contributed by atoms with Gasteiger partial charge in [0.15, 0.2) is 5.11 Å². The molecule has 6 nitrogen and oxygen atoms in total. The van der Waals surface area contributed by atoms with Crippen LogP contribution in [-0.2, 0) is 16.1 Å². The standard InChI is InChI=1S/C26H26N4O2S/c31-24(28-14-8-1-2-9-15-28)18-29-17-19(21-12-6-7-13-23(21)29)16-22-25(32)30(26(33)27-22)20-10-4-3-5-11-20/h3-7,10-13,16-17H,1-2,8-9,14-15,18H2,(H,27,33)/b22-16-. The van der Waals surface area contributed by atoms with Gasteiger partial charge in [-0.3, -0.25) is 14.5 Å². The quantitative estimate of drug-likeness (QED) is 0.468. The van der Waals surface area contributed by atoms with Crippen molar-refractivity contribution in [1.29, 1.82) is 0 Å². The summed E-state index contributed by atoms with van der Waals surface area (Å²) in [6.45, 7) is 1.96. The second-order valence-corrected chi connectivity index (χ2v) is 8.88. The summed E-state index contributed by atoms with van der Waals surface area (Å²) in [5, 5.41) is 4.41. The molecule has 0 unspecified atom stereocenters. The van der Waals surface area contributed by atoms with Gasteiger partial charge in [-0.25, -0.2) is 0 Å². The van der Waals surface area contributed by atoms with Gasteiger partial charge in [0.2, 0.25) is 5.91 Å². The molecule has 0 spiro atoms. The number of hydrogen-bond acceptors (Lipinski definition) is 3. The van der Waals surface area contributed by atoms with E-state index in [9.17, 15) is 9.59 Å². The van der Waals surface area contributed by atoms with Crippen LogP contribution in [0.5, 0.6) is 0 Å². The number of aromatic nitrogens is 1. The molecular weight excluding hydrogens is 432 g/mol. The summed E-state index contributed by atoms with van der Waals surface area (Å²) < 4.78 is 1.99. The van der Waals surface area contributed by atoms with E-state index >= 15 is 0 Å². The molecule has 2 aliphatic heterocycles. The van der Waals surface area contributed by atoms with Crippen molar-refractivity contribution in [2.75, 3.05) is 18.0 Å². The van der Waals surface area contributed by atoms with Gasteiger partial charge in [0.1, 0.15) is 12.2 Å². The van der Waals surface area contributed by atoms with Crippen molar-refractivity contribution < 1.29 is 9.59 Å². The number of likely N-dealkylation sites (tertiary alicyclic amines) is 1. The van der Waals surface area contributed by atoms with Crippen LogP contribution >= 0.6 is 12.2 Å². The lowest BCUT2D eigenvalue weighted by molar-refractivity contribution is -0.131. The minimum Gasteiger partial charge on any atom is -0.341 e. The van der Waals surface area contributed by atoms with Gasteiger partial charge in [-0.15, -0.1) is 0 Å². The van der Waals surface area contributed by atoms with Gasteiger partial charge < -0.3 is 14.8 Å². The van der Waals surface area contributed by atoms with E-state index in [0.29, 0.717) is 17.4 Å². The first-order chi connectivity index (χ1) is 16.1. The number of nitrogens with one attached hydrogen (secondary N) is 1. The van der Waals surface area contributed by atoms with Gasteiger partial charge in [-0.1, -0.05) is 49.2 Å². The number of thiocarbonyl (C=S) groups is 1. The largest absolute Gasteiger partial charge is 0.341 e. The van der Waals surface area contributed by atoms with E-state index in [2.05, 4.69) is 5.32 Å². The monoisotopic (exact) mass is 458 g/mol. The van der Waals surface area contributed by atoms with E-state index in [1.807, 2.05) is 76.3 Å². The average Bonchev–Trinajstić information content (AvgIpc) is 3.15. The first-order valence-electron chi connectivity index (χ1n) is 11.4. The molecule has 2 amide bonds. The van der Waals surface area contributed by atoms with Crippen LogP contribution < -0.4 is 10.2 Å². The molecule has 168 valence electrons. The predicted octanol–water partition coefficient (Wildman–Crippen LogP) is 4.31. The molecule has 0 saturated carbocycles. The van der Waals surface area contributed by atoms with Crippen molar-refractivity contribution in [3.05, 3.63) is 72.1 Å². The molecule has 33 heavy (non-hydrogen) atoms. The summed E-state index contributed by atoms with van der Waals surface area (Å²) in [5.41, 5.74) is 3.00. The number of carbonyl (C=O) groups is 2. The third-order valence-electron chi connectivity index (χ3n) is 6.28. The Hall–Kier alpha value is -3.45. The summed E-state index contributed by atoms with van der Waals surface area (Å²) in [7, 11) is 0. The maximum Gasteiger partial charge on any atom is 0.281 e. The normalized spacial score (nSPS) is 18.1. The number of anilines is 1. The van der Waals surface area contributed by atoms with Gasteiger partial charge >= 0.3 is 0 Å². The number of nitrogens with zero attached hydrogens (tertiary/aromatic N) is 3. The first kappa shape index (κ1) is 21.4. The van der Waals surface area contributed by atoms with Crippen molar-refractivity contribution in [1.82, 2.24) is 14.8 Å². The van der Waals surface area contributed by atoms with Crippen LogP contribution in [-0.4, -0.2) is 39.5 Å². The van der Waals surface area contributed by atoms with Crippen molar-refractivity contribution in [3.8, 4) is 0 Å². The van der Waals surface area contributed by atoms with Crippen LogP contribution in [0.4, 0.5) is 5.69 Å². The van der Waals surface area contributed by atoms with Gasteiger partial charge in [0.25, 0.3) is 5.91 Å². The molecule has 0 bridgehead atoms. The van der Waals surface area contributed by atoms with Crippen LogP contribution in [0.1, 0.15) is 31.2 Å². The third-order valence-corrected chi connectivity index (χ3v) is 6.56. The molecule has 2 saturated heterocycles. The highest BCUT2D eigenvalue weighted by atomic mass is 32.1. The van der Waals surface area contributed by atoms with Gasteiger partial charge in [-0.05, 0) is 49.3 Å². The van der Waals surface area contributed by atoms with Crippen LogP contribution in [0.25, 0.3) is 17.0 Å². The lowest BCUT2D eigenvalue weighted by atomic mass is 10.1. The van der Waals surface area contributed by atoms with Crippen molar-refractivity contribution in [3.63, 3.8) is 0 Å². The first-order valence-corrected chi connectivity index (χ1v) is 11.8. The molecular formula is C26H26N4O2S. The molecule has 3 heterocycles. The predicted molar refractivity (Wildman–Crippen MR) is 135 cm³/mol. The molecule has 2 fully saturated rings. The Kier molecular flexibility index (Phi) is 5.96. The number of amides is 2. The number of hydrogen-bond donors (Lipinski definition) is 1. The zero-order valence-corrected chi connectivity index (χ0v) is 19.2. The minimum atomic E-state index is -0.191. The van der Waals surface area contributed by atoms with E-state index in [1.54, 1.807) is 0 Å². The SMILES string of the molecule is O=C(Cn1cc(/C=C2\NC(=S)N(c3ccccc3)C2=O)c2ccccc21)N1CCCCCC1. The molecule has 5 rings (SSSR count). The minimum absolute atomic E-state index is 0.142. The average molecular weight is 459 g/mol. The number of para-hydroxylation sites is 2. The molecule has 2 aliphatic rings. The van der Waals surface area contributed by atoms with Crippen LogP contribution in [0.2, 0.25) is 0 Å². The highest BCUT2D eigenvalue weighted by molar-refractivity contribution is 7.80. The van der Waals surface area contributed by atoms with Gasteiger partial charge in [0, 0.05) is 35.8 Å². The molecule has 1 N–H and O–H groups in total. The molecule has 0 radical (unpaired) electrons. The Labute approximate surface area is 198 Å². The second kappa shape index (κ2) is 9.19. The zero-order chi connectivity index (χ0) is 22.8. The Balaban J connectivity index is 1.44. The van der Waals surface area contributed by atoms with Crippen LogP contribution in [0, 0.1) is 0 Å². The van der Waals surface area contributed by atoms with Crippen molar-refractivity contribution in [2.45, 2.75) is 32.2 Å². The fourth-order valence-corrected chi connectivity index (χ4v) is 4.89. The van der Waals surface area contributed by atoms with Gasteiger partial charge in [-0.2, -0.15) is 0 Å². The van der Waals surface area contributed by atoms with Crippen molar-refractivity contribution in [2.24, 2.45) is 0 Å². The van der Waals surface area contributed by atoms with E-state index < -0.39 is 0 Å². The number of rotatable bonds is 4. The van der Waals surface area contributed by atoms with E-state index in [1.165, 1.54) is 17.7 Å². The topological polar surface area (TPSA) is 57.6 Å². The van der Waals surface area contributed by atoms with Gasteiger partial charge in [0.05, 0.1) is 5.69 Å². The fourth-order valence-electron chi connectivity index (χ4n) is 4.59.